The zero-order valence-corrected chi connectivity index (χ0v) is 11.7. The Bertz CT molecular complexity index is 690. The van der Waals surface area contributed by atoms with Crippen molar-refractivity contribution >= 4 is 28.2 Å². The number of aryl methyl sites for hydroxylation is 2. The number of carboxylic acids is 1. The molecule has 5 nitrogen and oxygen atoms in total. The molecule has 104 valence electrons. The van der Waals surface area contributed by atoms with Crippen molar-refractivity contribution in [2.24, 2.45) is 0 Å². The molecule has 20 heavy (non-hydrogen) atoms. The molecule has 0 radical (unpaired) electrons. The highest BCUT2D eigenvalue weighted by Crippen LogP contribution is 2.27. The lowest BCUT2D eigenvalue weighted by molar-refractivity contribution is 0.0701. The largest absolute Gasteiger partial charge is 0.508 e. The number of anilines is 1. The number of phenolic OH excluding ortho intramolecular Hbond substituents is 1. The quantitative estimate of drug-likeness (QED) is 0.811. The molecule has 1 heterocycles. The van der Waals surface area contributed by atoms with E-state index in [-0.39, 0.29) is 16.5 Å². The van der Waals surface area contributed by atoms with E-state index >= 15 is 0 Å². The van der Waals surface area contributed by atoms with Crippen molar-refractivity contribution in [3.05, 3.63) is 45.8 Å². The van der Waals surface area contributed by atoms with Crippen LogP contribution >= 0.6 is 11.3 Å². The molecule has 0 saturated carbocycles. The van der Waals surface area contributed by atoms with E-state index in [0.29, 0.717) is 21.7 Å². The Labute approximate surface area is 119 Å². The highest BCUT2D eigenvalue weighted by atomic mass is 32.1. The number of rotatable bonds is 3. The van der Waals surface area contributed by atoms with Crippen molar-refractivity contribution in [3.63, 3.8) is 0 Å². The summed E-state index contributed by atoms with van der Waals surface area (Å²) in [4.78, 5) is 23.3. The van der Waals surface area contributed by atoms with Crippen LogP contribution in [-0.2, 0) is 0 Å². The summed E-state index contributed by atoms with van der Waals surface area (Å²) in [6.07, 6.45) is 0. The monoisotopic (exact) mass is 291 g/mol. The second kappa shape index (κ2) is 5.34. The molecule has 0 aliphatic carbocycles. The summed E-state index contributed by atoms with van der Waals surface area (Å²) >= 11 is 1.02. The van der Waals surface area contributed by atoms with Gasteiger partial charge < -0.3 is 15.5 Å². The Morgan fingerprint density at radius 3 is 2.40 bits per heavy atom. The first-order chi connectivity index (χ1) is 9.38. The van der Waals surface area contributed by atoms with E-state index in [1.54, 1.807) is 19.9 Å². The van der Waals surface area contributed by atoms with Crippen molar-refractivity contribution in [2.75, 3.05) is 5.32 Å². The van der Waals surface area contributed by atoms with Gasteiger partial charge in [0.1, 0.15) is 10.6 Å². The molecule has 1 amide bonds. The van der Waals surface area contributed by atoms with Gasteiger partial charge in [0.2, 0.25) is 0 Å². The molecular weight excluding hydrogens is 278 g/mol. The van der Waals surface area contributed by atoms with Crippen LogP contribution in [0.3, 0.4) is 0 Å². The third-order valence-corrected chi connectivity index (χ3v) is 3.94. The van der Waals surface area contributed by atoms with Crippen molar-refractivity contribution in [1.82, 2.24) is 0 Å². The van der Waals surface area contributed by atoms with Crippen molar-refractivity contribution in [2.45, 2.75) is 13.8 Å². The summed E-state index contributed by atoms with van der Waals surface area (Å²) in [6, 6.07) is 6.09. The van der Waals surface area contributed by atoms with Gasteiger partial charge in [-0.2, -0.15) is 0 Å². The summed E-state index contributed by atoms with van der Waals surface area (Å²) in [7, 11) is 0. The lowest BCUT2D eigenvalue weighted by Gasteiger charge is -2.06. The molecule has 0 unspecified atom stereocenters. The summed E-state index contributed by atoms with van der Waals surface area (Å²) in [6.45, 7) is 3.40. The summed E-state index contributed by atoms with van der Waals surface area (Å²) in [5.41, 5.74) is 1.69. The minimum absolute atomic E-state index is 0.0965. The number of carboxylic acid groups (broad SMARTS) is 1. The lowest BCUT2D eigenvalue weighted by atomic mass is 10.1. The Hall–Kier alpha value is -2.34. The topological polar surface area (TPSA) is 86.6 Å². The SMILES string of the molecule is Cc1cc(O)ccc1C(=O)Nc1cc(C)c(C(=O)O)s1. The molecule has 0 saturated heterocycles. The number of carbonyl (C=O) groups is 2. The van der Waals surface area contributed by atoms with Gasteiger partial charge in [-0.25, -0.2) is 4.79 Å². The highest BCUT2D eigenvalue weighted by molar-refractivity contribution is 7.18. The number of hydrogen-bond acceptors (Lipinski definition) is 4. The predicted molar refractivity (Wildman–Crippen MR) is 76.8 cm³/mol. The Kier molecular flexibility index (Phi) is 3.76. The van der Waals surface area contributed by atoms with Gasteiger partial charge in [0.15, 0.2) is 0 Å². The Balaban J connectivity index is 2.23. The molecule has 2 aromatic rings. The maximum absolute atomic E-state index is 12.1. The first-order valence-electron chi connectivity index (χ1n) is 5.83. The van der Waals surface area contributed by atoms with Crippen LogP contribution in [0.4, 0.5) is 5.00 Å². The molecular formula is C14H13NO4S. The summed E-state index contributed by atoms with van der Waals surface area (Å²) in [5, 5.41) is 21.4. The van der Waals surface area contributed by atoms with Crippen molar-refractivity contribution < 1.29 is 19.8 Å². The van der Waals surface area contributed by atoms with Crippen LogP contribution in [0, 0.1) is 13.8 Å². The van der Waals surface area contributed by atoms with E-state index in [1.807, 2.05) is 0 Å². The van der Waals surface area contributed by atoms with Crippen LogP contribution in [0.2, 0.25) is 0 Å². The molecule has 1 aromatic heterocycles. The molecule has 0 bridgehead atoms. The average molecular weight is 291 g/mol. The third kappa shape index (κ3) is 2.80. The fourth-order valence-electron chi connectivity index (χ4n) is 1.84. The standard InChI is InChI=1S/C14H13NO4S/c1-7-5-9(16)3-4-10(7)13(17)15-11-6-8(2)12(20-11)14(18)19/h3-6,16H,1-2H3,(H,15,17)(H,18,19). The Morgan fingerprint density at radius 1 is 1.15 bits per heavy atom. The first kappa shape index (κ1) is 14.1. The number of carbonyl (C=O) groups excluding carboxylic acids is 1. The number of aromatic hydroxyl groups is 1. The molecule has 0 spiro atoms. The van der Waals surface area contributed by atoms with Crippen LogP contribution in [0.1, 0.15) is 31.2 Å². The maximum atomic E-state index is 12.1. The van der Waals surface area contributed by atoms with Gasteiger partial charge in [-0.1, -0.05) is 0 Å². The predicted octanol–water partition coefficient (Wildman–Crippen LogP) is 3.02. The number of amides is 1. The molecule has 6 heteroatoms. The number of phenols is 1. The van der Waals surface area contributed by atoms with Gasteiger partial charge >= 0.3 is 5.97 Å². The minimum atomic E-state index is -1.01. The van der Waals surface area contributed by atoms with E-state index < -0.39 is 5.97 Å². The zero-order valence-electron chi connectivity index (χ0n) is 10.9. The van der Waals surface area contributed by atoms with Crippen molar-refractivity contribution in [1.29, 1.82) is 0 Å². The van der Waals surface area contributed by atoms with Gasteiger partial charge in [0.25, 0.3) is 5.91 Å². The fourth-order valence-corrected chi connectivity index (χ4v) is 2.74. The summed E-state index contributed by atoms with van der Waals surface area (Å²) < 4.78 is 0. The van der Waals surface area contributed by atoms with E-state index in [1.165, 1.54) is 18.2 Å². The van der Waals surface area contributed by atoms with E-state index in [9.17, 15) is 14.7 Å². The van der Waals surface area contributed by atoms with Gasteiger partial charge in [0.05, 0.1) is 5.00 Å². The summed E-state index contributed by atoms with van der Waals surface area (Å²) in [5.74, 6) is -1.24. The van der Waals surface area contributed by atoms with Gasteiger partial charge in [0, 0.05) is 5.56 Å². The second-order valence-corrected chi connectivity index (χ2v) is 5.43. The van der Waals surface area contributed by atoms with Crippen molar-refractivity contribution in [3.8, 4) is 5.75 Å². The van der Waals surface area contributed by atoms with Crippen LogP contribution in [0.5, 0.6) is 5.75 Å². The van der Waals surface area contributed by atoms with E-state index in [2.05, 4.69) is 5.32 Å². The Morgan fingerprint density at radius 2 is 1.85 bits per heavy atom. The van der Waals surface area contributed by atoms with Crippen LogP contribution < -0.4 is 5.32 Å². The van der Waals surface area contributed by atoms with Crippen LogP contribution in [-0.4, -0.2) is 22.1 Å². The van der Waals surface area contributed by atoms with Crippen LogP contribution in [0.25, 0.3) is 0 Å². The van der Waals surface area contributed by atoms with Gasteiger partial charge in [-0.15, -0.1) is 11.3 Å². The van der Waals surface area contributed by atoms with Gasteiger partial charge in [-0.3, -0.25) is 4.79 Å². The maximum Gasteiger partial charge on any atom is 0.346 e. The molecule has 0 fully saturated rings. The molecule has 3 N–H and O–H groups in total. The number of benzene rings is 1. The smallest absolute Gasteiger partial charge is 0.346 e. The van der Waals surface area contributed by atoms with Gasteiger partial charge in [-0.05, 0) is 49.2 Å². The number of thiophene rings is 1. The zero-order chi connectivity index (χ0) is 14.9. The lowest BCUT2D eigenvalue weighted by Crippen LogP contribution is -2.12. The van der Waals surface area contributed by atoms with Crippen LogP contribution in [0.15, 0.2) is 24.3 Å². The first-order valence-corrected chi connectivity index (χ1v) is 6.65. The molecule has 0 aliphatic heterocycles. The molecule has 2 rings (SSSR count). The second-order valence-electron chi connectivity index (χ2n) is 4.38. The number of nitrogens with one attached hydrogen (secondary N) is 1. The third-order valence-electron chi connectivity index (χ3n) is 2.80. The molecule has 0 aliphatic rings. The fraction of sp³-hybridized carbons (Fsp3) is 0.143. The molecule has 1 aromatic carbocycles. The van der Waals surface area contributed by atoms with E-state index in [4.69, 9.17) is 5.11 Å². The number of hydrogen-bond donors (Lipinski definition) is 3. The average Bonchev–Trinajstić information content (AvgIpc) is 2.70. The normalized spacial score (nSPS) is 10.3. The minimum Gasteiger partial charge on any atom is -0.508 e. The highest BCUT2D eigenvalue weighted by Gasteiger charge is 2.15. The van der Waals surface area contributed by atoms with E-state index in [0.717, 1.165) is 11.3 Å². The molecule has 0 atom stereocenters. The number of aromatic carboxylic acids is 1.